The number of ether oxygens (including phenoxy) is 5. The number of alkyl halides is 3. The van der Waals surface area contributed by atoms with Crippen LogP contribution < -0.4 is 38.8 Å². The van der Waals surface area contributed by atoms with Crippen molar-refractivity contribution in [3.63, 3.8) is 0 Å². The highest BCUT2D eigenvalue weighted by atomic mass is 35.5. The van der Waals surface area contributed by atoms with Gasteiger partial charge in [0.25, 0.3) is 0 Å². The quantitative estimate of drug-likeness (QED) is 0.0868. The van der Waals surface area contributed by atoms with E-state index in [0.29, 0.717) is 29.6 Å². The van der Waals surface area contributed by atoms with Gasteiger partial charge in [-0.25, -0.2) is 14.4 Å². The molecule has 0 unspecified atom stereocenters. The van der Waals surface area contributed by atoms with E-state index in [2.05, 4.69) is 20.2 Å². The summed E-state index contributed by atoms with van der Waals surface area (Å²) >= 11 is 7.26. The van der Waals surface area contributed by atoms with Crippen molar-refractivity contribution in [1.29, 1.82) is 0 Å². The number of hydrogen-bond donors (Lipinski definition) is 1. The highest BCUT2D eigenvalue weighted by Gasteiger charge is 2.41. The van der Waals surface area contributed by atoms with Gasteiger partial charge in [0.05, 0.1) is 61.1 Å². The van der Waals surface area contributed by atoms with E-state index < -0.39 is 39.9 Å². The van der Waals surface area contributed by atoms with Gasteiger partial charge in [0.2, 0.25) is 0 Å². The Hall–Kier alpha value is -7.18. The molecule has 9 rings (SSSR count). The molecule has 0 saturated carbocycles. The third kappa shape index (κ3) is 10.4. The van der Waals surface area contributed by atoms with Crippen molar-refractivity contribution < 1.29 is 41.2 Å². The first-order valence-corrected chi connectivity index (χ1v) is 23.8. The number of anilines is 3. The first-order chi connectivity index (χ1) is 34.7. The smallest absolute Gasteiger partial charge is 0.418 e. The topological polar surface area (TPSA) is 132 Å². The molecule has 3 aromatic heterocycles. The van der Waals surface area contributed by atoms with Crippen LogP contribution in [0.15, 0.2) is 91.3 Å². The van der Waals surface area contributed by atoms with Gasteiger partial charge in [0.1, 0.15) is 59.1 Å². The van der Waals surface area contributed by atoms with Crippen molar-refractivity contribution in [1.82, 2.24) is 29.8 Å². The lowest BCUT2D eigenvalue weighted by Gasteiger charge is -2.30. The fourth-order valence-corrected chi connectivity index (χ4v) is 9.61. The van der Waals surface area contributed by atoms with Gasteiger partial charge in [0, 0.05) is 38.1 Å². The van der Waals surface area contributed by atoms with Gasteiger partial charge in [-0.15, -0.1) is 0 Å². The molecule has 5 heterocycles. The molecule has 72 heavy (non-hydrogen) atoms. The Morgan fingerprint density at radius 1 is 0.847 bits per heavy atom. The molecule has 376 valence electrons. The molecule has 1 saturated heterocycles. The van der Waals surface area contributed by atoms with Crippen LogP contribution >= 0.6 is 11.6 Å². The Bertz CT molecular complexity index is 2990. The summed E-state index contributed by atoms with van der Waals surface area (Å²) in [6.45, 7) is 5.26. The van der Waals surface area contributed by atoms with Gasteiger partial charge in [-0.2, -0.15) is 23.1 Å². The molecule has 2 aliphatic rings. The maximum absolute atomic E-state index is 18.1. The summed E-state index contributed by atoms with van der Waals surface area (Å²) in [7, 11) is 6.72. The molecule has 1 fully saturated rings. The summed E-state index contributed by atoms with van der Waals surface area (Å²) < 4.78 is 93.6. The van der Waals surface area contributed by atoms with E-state index in [1.807, 2.05) is 72.3 Å². The molecular weight excluding hydrogens is 954 g/mol. The molecule has 2 atom stereocenters. The van der Waals surface area contributed by atoms with Crippen molar-refractivity contribution in [2.75, 3.05) is 69.8 Å². The van der Waals surface area contributed by atoms with E-state index in [1.54, 1.807) is 58.0 Å². The molecule has 0 radical (unpaired) electrons. The van der Waals surface area contributed by atoms with Crippen molar-refractivity contribution in [3.8, 4) is 40.3 Å². The second-order valence-electron chi connectivity index (χ2n) is 17.8. The molecule has 2 aliphatic heterocycles. The lowest BCUT2D eigenvalue weighted by Crippen LogP contribution is -2.33. The average molecular weight is 1010 g/mol. The van der Waals surface area contributed by atoms with Crippen molar-refractivity contribution in [3.05, 3.63) is 136 Å². The van der Waals surface area contributed by atoms with Crippen LogP contribution in [-0.2, 0) is 25.8 Å². The van der Waals surface area contributed by atoms with Crippen LogP contribution in [0.1, 0.15) is 59.3 Å². The molecule has 0 aliphatic carbocycles. The van der Waals surface area contributed by atoms with Crippen molar-refractivity contribution in [2.24, 2.45) is 0 Å². The average Bonchev–Trinajstić information content (AvgIpc) is 3.70. The van der Waals surface area contributed by atoms with Gasteiger partial charge in [-0.1, -0.05) is 48.0 Å². The van der Waals surface area contributed by atoms with Gasteiger partial charge < -0.3 is 43.7 Å². The molecule has 19 heteroatoms. The number of benzene rings is 4. The Morgan fingerprint density at radius 2 is 1.46 bits per heavy atom. The minimum absolute atomic E-state index is 0.0324. The molecule has 0 spiro atoms. The zero-order chi connectivity index (χ0) is 50.7. The number of hydrogen-bond acceptors (Lipinski definition) is 14. The second kappa shape index (κ2) is 21.3. The fraction of sp³-hybridized carbons (Fsp3) is 0.340. The lowest BCUT2D eigenvalue weighted by molar-refractivity contribution is -0.137. The molecule has 1 N–H and O–H groups in total. The predicted molar refractivity (Wildman–Crippen MR) is 268 cm³/mol. The molecule has 0 bridgehead atoms. The summed E-state index contributed by atoms with van der Waals surface area (Å²) in [4.78, 5) is 29.5. The highest BCUT2D eigenvalue weighted by molar-refractivity contribution is 6.36. The van der Waals surface area contributed by atoms with E-state index in [0.717, 1.165) is 41.8 Å². The molecule has 14 nitrogen and oxygen atoms in total. The van der Waals surface area contributed by atoms with Gasteiger partial charge in [-0.05, 0) is 105 Å². The zero-order valence-electron chi connectivity index (χ0n) is 40.7. The van der Waals surface area contributed by atoms with Crippen LogP contribution in [0.4, 0.5) is 35.0 Å². The minimum Gasteiger partial charge on any atom is -0.497 e. The van der Waals surface area contributed by atoms with Crippen molar-refractivity contribution >= 4 is 40.0 Å². The summed E-state index contributed by atoms with van der Waals surface area (Å²) in [6.07, 6.45) is -0.0124. The molecular formula is C53H54ClF4N9O5. The fourth-order valence-electron chi connectivity index (χ4n) is 9.28. The van der Waals surface area contributed by atoms with E-state index >= 15 is 17.6 Å². The number of pyridine rings is 1. The highest BCUT2D eigenvalue weighted by Crippen LogP contribution is 2.51. The Balaban J connectivity index is 1.19. The monoisotopic (exact) mass is 1010 g/mol. The normalized spacial score (nSPS) is 15.2. The molecule has 7 aromatic rings. The number of methoxy groups -OCH3 is 3. The Labute approximate surface area is 419 Å². The number of likely N-dealkylation sites (tertiary alicyclic amines) is 1. The van der Waals surface area contributed by atoms with Crippen LogP contribution in [0.3, 0.4) is 0 Å². The summed E-state index contributed by atoms with van der Waals surface area (Å²) in [5.74, 6) is 1.55. The number of nitrogens with zero attached hydrogens (tertiary/aromatic N) is 8. The summed E-state index contributed by atoms with van der Waals surface area (Å²) in [5.41, 5.74) is 0.0641. The maximum atomic E-state index is 18.1. The predicted octanol–water partition coefficient (Wildman–Crippen LogP) is 10.9. The Kier molecular flexibility index (Phi) is 14.7. The van der Waals surface area contributed by atoms with Crippen LogP contribution in [0.25, 0.3) is 22.2 Å². The minimum atomic E-state index is -5.00. The van der Waals surface area contributed by atoms with Crippen LogP contribution in [-0.4, -0.2) is 90.5 Å². The first kappa shape index (κ1) is 49.8. The van der Waals surface area contributed by atoms with Crippen LogP contribution in [0.2, 0.25) is 5.02 Å². The second-order valence-corrected chi connectivity index (χ2v) is 18.1. The van der Waals surface area contributed by atoms with E-state index in [4.69, 9.17) is 50.2 Å². The Morgan fingerprint density at radius 3 is 2.04 bits per heavy atom. The third-order valence-corrected chi connectivity index (χ3v) is 13.6. The van der Waals surface area contributed by atoms with Crippen LogP contribution in [0, 0.1) is 12.7 Å². The van der Waals surface area contributed by atoms with E-state index in [9.17, 15) is 0 Å². The number of aryl methyl sites for hydroxylation is 1. The number of likely N-dealkylation sites (N-methyl/N-ethyl adjacent to an activating group) is 1. The number of aromatic nitrogens is 5. The summed E-state index contributed by atoms with van der Waals surface area (Å²) in [5, 5.41) is 3.03. The number of halogens is 5. The SMILES string of the molecule is COc1ccc(CNc2nccnc2[C@@H](C)N2CCOc3c(Cl)c(-c4nc(N(Cc5ccc(OC)cc5)Cc5ccc(OC)cc5)cc(C)c4C(F)(F)F)c(F)c4nc(OC[C@@H]5CCCN5C)nc2c34)cc1. The van der Waals surface area contributed by atoms with E-state index in [1.165, 1.54) is 13.0 Å². The largest absolute Gasteiger partial charge is 0.497 e. The van der Waals surface area contributed by atoms with Gasteiger partial charge in [0.15, 0.2) is 11.6 Å². The molecule has 0 amide bonds. The third-order valence-electron chi connectivity index (χ3n) is 13.2. The van der Waals surface area contributed by atoms with Crippen molar-refractivity contribution in [2.45, 2.75) is 64.6 Å². The number of rotatable bonds is 17. The maximum Gasteiger partial charge on any atom is 0.418 e. The first-order valence-electron chi connectivity index (χ1n) is 23.5. The van der Waals surface area contributed by atoms with Crippen LogP contribution in [0.5, 0.6) is 29.0 Å². The van der Waals surface area contributed by atoms with Gasteiger partial charge in [-0.3, -0.25) is 4.98 Å². The lowest BCUT2D eigenvalue weighted by atomic mass is 9.98. The molecule has 4 aromatic carbocycles. The number of nitrogens with one attached hydrogen (secondary N) is 1. The summed E-state index contributed by atoms with van der Waals surface area (Å²) in [6, 6.07) is 22.9. The van der Waals surface area contributed by atoms with E-state index in [-0.39, 0.29) is 78.8 Å². The van der Waals surface area contributed by atoms with Gasteiger partial charge >= 0.3 is 12.2 Å². The standard InChI is InChI=1S/C53H54ClF4N9O5/c1-31-26-40(66(28-34-11-17-38(69-5)18-12-34)29-35-13-19-39(70-6)20-14-35)62-47(43(31)53(56,57)58)41-44(54)49-42-48(45(41)55)63-52(72-30-36-8-7-23-65(36)3)64-51(42)67(24-25-71-49)32(2)46-50(60-22-21-59-46)61-27-33-9-15-37(68-4)16-10-33/h9-22,26,32,36H,7-8,23-25,27-30H2,1-6H3,(H,60,61)/t32-,36+/m1/s1. The zero-order valence-corrected chi connectivity index (χ0v) is 41.4.